The number of aromatic hydroxyl groups is 1. The Labute approximate surface area is 208 Å². The van der Waals surface area contributed by atoms with Gasteiger partial charge >= 0.3 is 5.97 Å². The van der Waals surface area contributed by atoms with Crippen LogP contribution in [0.25, 0.3) is 6.08 Å². The van der Waals surface area contributed by atoms with Crippen molar-refractivity contribution < 1.29 is 19.4 Å². The topological polar surface area (TPSA) is 90.1 Å². The maximum Gasteiger partial charge on any atom is 0.338 e. The summed E-state index contributed by atoms with van der Waals surface area (Å²) >= 11 is 4.62. The van der Waals surface area contributed by atoms with E-state index in [1.807, 2.05) is 37.3 Å². The van der Waals surface area contributed by atoms with E-state index in [-0.39, 0.29) is 17.9 Å². The SMILES string of the molecule is CCOC(=O)C1=C(C)N=c2s/c(=C\c3cc(Br)cc(OCC)c3O)c(=O)n2[C@@H]1c1ccccc1. The Morgan fingerprint density at radius 1 is 1.24 bits per heavy atom. The molecule has 1 aromatic heterocycles. The molecule has 3 aromatic rings. The minimum absolute atomic E-state index is 0.0566. The van der Waals surface area contributed by atoms with Gasteiger partial charge in [-0.25, -0.2) is 9.79 Å². The van der Waals surface area contributed by atoms with E-state index in [0.29, 0.717) is 43.0 Å². The highest BCUT2D eigenvalue weighted by Crippen LogP contribution is 2.34. The van der Waals surface area contributed by atoms with Crippen LogP contribution in [0.3, 0.4) is 0 Å². The number of phenols is 1. The van der Waals surface area contributed by atoms with Crippen molar-refractivity contribution in [2.45, 2.75) is 26.8 Å². The first-order valence-electron chi connectivity index (χ1n) is 10.8. The summed E-state index contributed by atoms with van der Waals surface area (Å²) in [6.07, 6.45) is 1.61. The lowest BCUT2D eigenvalue weighted by Crippen LogP contribution is -2.39. The highest BCUT2D eigenvalue weighted by Gasteiger charge is 2.33. The fraction of sp³-hybridized carbons (Fsp3) is 0.240. The van der Waals surface area contributed by atoms with Gasteiger partial charge in [0.15, 0.2) is 16.3 Å². The largest absolute Gasteiger partial charge is 0.504 e. The number of thiazole rings is 1. The number of ether oxygens (including phenoxy) is 2. The summed E-state index contributed by atoms with van der Waals surface area (Å²) in [5.41, 5.74) is 1.72. The molecule has 34 heavy (non-hydrogen) atoms. The van der Waals surface area contributed by atoms with E-state index in [0.717, 1.165) is 5.56 Å². The summed E-state index contributed by atoms with van der Waals surface area (Å²) in [6.45, 7) is 5.91. The van der Waals surface area contributed by atoms with Crippen LogP contribution in [0, 0.1) is 0 Å². The predicted molar refractivity (Wildman–Crippen MR) is 134 cm³/mol. The van der Waals surface area contributed by atoms with Crippen molar-refractivity contribution in [2.24, 2.45) is 4.99 Å². The van der Waals surface area contributed by atoms with Gasteiger partial charge in [-0.15, -0.1) is 0 Å². The Morgan fingerprint density at radius 3 is 2.65 bits per heavy atom. The molecule has 0 spiro atoms. The summed E-state index contributed by atoms with van der Waals surface area (Å²) in [5, 5.41) is 10.7. The molecule has 2 aromatic carbocycles. The molecule has 0 fully saturated rings. The maximum absolute atomic E-state index is 13.6. The first kappa shape index (κ1) is 24.0. The number of nitrogens with zero attached hydrogens (tertiary/aromatic N) is 2. The molecule has 0 saturated carbocycles. The quantitative estimate of drug-likeness (QED) is 0.480. The number of benzene rings is 2. The minimum Gasteiger partial charge on any atom is -0.504 e. The third-order valence-electron chi connectivity index (χ3n) is 5.29. The van der Waals surface area contributed by atoms with Crippen LogP contribution >= 0.6 is 27.3 Å². The third kappa shape index (κ3) is 4.45. The lowest BCUT2D eigenvalue weighted by atomic mass is 9.96. The monoisotopic (exact) mass is 542 g/mol. The number of allylic oxidation sites excluding steroid dienone is 1. The van der Waals surface area contributed by atoms with Gasteiger partial charge in [0.1, 0.15) is 0 Å². The smallest absolute Gasteiger partial charge is 0.338 e. The van der Waals surface area contributed by atoms with Gasteiger partial charge in [0.25, 0.3) is 5.56 Å². The van der Waals surface area contributed by atoms with Gasteiger partial charge in [-0.1, -0.05) is 57.6 Å². The van der Waals surface area contributed by atoms with E-state index < -0.39 is 12.0 Å². The Hall–Kier alpha value is -3.17. The van der Waals surface area contributed by atoms with E-state index >= 15 is 0 Å². The van der Waals surface area contributed by atoms with E-state index in [1.54, 1.807) is 32.1 Å². The minimum atomic E-state index is -0.672. The fourth-order valence-electron chi connectivity index (χ4n) is 3.85. The van der Waals surface area contributed by atoms with Gasteiger partial charge in [-0.3, -0.25) is 9.36 Å². The fourth-order valence-corrected chi connectivity index (χ4v) is 5.35. The molecule has 1 aliphatic rings. The van der Waals surface area contributed by atoms with Gasteiger partial charge in [0, 0.05) is 10.0 Å². The first-order chi connectivity index (χ1) is 16.3. The number of aromatic nitrogens is 1. The van der Waals surface area contributed by atoms with Crippen LogP contribution in [-0.4, -0.2) is 28.9 Å². The van der Waals surface area contributed by atoms with Crippen LogP contribution in [0.15, 0.2) is 68.0 Å². The van der Waals surface area contributed by atoms with Crippen LogP contribution < -0.4 is 19.6 Å². The Morgan fingerprint density at radius 2 is 1.97 bits per heavy atom. The average Bonchev–Trinajstić information content (AvgIpc) is 3.11. The number of fused-ring (bicyclic) bond motifs is 1. The molecular formula is C25H23BrN2O5S. The van der Waals surface area contributed by atoms with E-state index in [2.05, 4.69) is 20.9 Å². The lowest BCUT2D eigenvalue weighted by Gasteiger charge is -2.24. The molecular weight excluding hydrogens is 520 g/mol. The molecule has 0 bridgehead atoms. The molecule has 2 heterocycles. The predicted octanol–water partition coefficient (Wildman–Crippen LogP) is 3.67. The summed E-state index contributed by atoms with van der Waals surface area (Å²) < 4.78 is 13.4. The van der Waals surface area contributed by atoms with E-state index in [9.17, 15) is 14.7 Å². The van der Waals surface area contributed by atoms with Crippen LogP contribution in [0.4, 0.5) is 0 Å². The number of carbonyl (C=O) groups is 1. The highest BCUT2D eigenvalue weighted by molar-refractivity contribution is 9.10. The molecule has 0 unspecified atom stereocenters. The first-order valence-corrected chi connectivity index (χ1v) is 12.4. The summed E-state index contributed by atoms with van der Waals surface area (Å²) in [6, 6.07) is 12.0. The number of halogens is 1. The van der Waals surface area contributed by atoms with Crippen molar-refractivity contribution in [3.63, 3.8) is 0 Å². The van der Waals surface area contributed by atoms with Crippen LogP contribution in [-0.2, 0) is 9.53 Å². The summed E-state index contributed by atoms with van der Waals surface area (Å²) in [7, 11) is 0. The second-order valence-electron chi connectivity index (χ2n) is 7.49. The van der Waals surface area contributed by atoms with E-state index in [1.165, 1.54) is 15.9 Å². The number of rotatable bonds is 6. The zero-order valence-electron chi connectivity index (χ0n) is 18.9. The number of esters is 1. The van der Waals surface area contributed by atoms with Crippen molar-refractivity contribution in [1.82, 2.24) is 4.57 Å². The zero-order valence-corrected chi connectivity index (χ0v) is 21.3. The summed E-state index contributed by atoms with van der Waals surface area (Å²) in [4.78, 5) is 31.5. The molecule has 1 N–H and O–H groups in total. The average molecular weight is 543 g/mol. The maximum atomic E-state index is 13.6. The van der Waals surface area contributed by atoms with Crippen molar-refractivity contribution >= 4 is 39.3 Å². The van der Waals surface area contributed by atoms with Gasteiger partial charge in [0.2, 0.25) is 0 Å². The van der Waals surface area contributed by atoms with Crippen molar-refractivity contribution in [2.75, 3.05) is 13.2 Å². The molecule has 0 amide bonds. The van der Waals surface area contributed by atoms with E-state index in [4.69, 9.17) is 9.47 Å². The molecule has 176 valence electrons. The number of phenolic OH excluding ortho intramolecular Hbond substituents is 1. The van der Waals surface area contributed by atoms with Crippen molar-refractivity contribution in [3.8, 4) is 11.5 Å². The standard InChI is InChI=1S/C25H23BrN2O5S/c1-4-32-18-13-17(26)11-16(22(18)29)12-19-23(30)28-21(15-9-7-6-8-10-15)20(24(31)33-5-2)14(3)27-25(28)34-19/h6-13,21,29H,4-5H2,1-3H3/b19-12-/t21-/m1/s1. The van der Waals surface area contributed by atoms with Gasteiger partial charge < -0.3 is 14.6 Å². The van der Waals surface area contributed by atoms with Gasteiger partial charge in [-0.2, -0.15) is 0 Å². The second-order valence-corrected chi connectivity index (χ2v) is 9.41. The molecule has 0 radical (unpaired) electrons. The highest BCUT2D eigenvalue weighted by atomic mass is 79.9. The number of hydrogen-bond donors (Lipinski definition) is 1. The van der Waals surface area contributed by atoms with Crippen molar-refractivity contribution in [3.05, 3.63) is 89.0 Å². The van der Waals surface area contributed by atoms with Gasteiger partial charge in [-0.05, 0) is 44.5 Å². The third-order valence-corrected chi connectivity index (χ3v) is 6.73. The molecule has 7 nitrogen and oxygen atoms in total. The molecule has 0 aliphatic carbocycles. The Kier molecular flexibility index (Phi) is 7.04. The number of hydrogen-bond acceptors (Lipinski definition) is 7. The molecule has 1 aliphatic heterocycles. The summed E-state index contributed by atoms with van der Waals surface area (Å²) in [5.74, 6) is -0.240. The molecule has 1 atom stereocenters. The Balaban J connectivity index is 1.95. The number of carbonyl (C=O) groups excluding carboxylic acids is 1. The molecule has 9 heteroatoms. The normalized spacial score (nSPS) is 15.6. The van der Waals surface area contributed by atoms with Gasteiger partial charge in [0.05, 0.1) is 35.1 Å². The Bertz CT molecular complexity index is 1460. The molecule has 0 saturated heterocycles. The van der Waals surface area contributed by atoms with Crippen LogP contribution in [0.2, 0.25) is 0 Å². The zero-order chi connectivity index (χ0) is 24.4. The molecule has 4 rings (SSSR count). The van der Waals surface area contributed by atoms with Crippen molar-refractivity contribution in [1.29, 1.82) is 0 Å². The van der Waals surface area contributed by atoms with Crippen LogP contribution in [0.5, 0.6) is 11.5 Å². The lowest BCUT2D eigenvalue weighted by molar-refractivity contribution is -0.139. The van der Waals surface area contributed by atoms with Crippen LogP contribution in [0.1, 0.15) is 37.9 Å². The second kappa shape index (κ2) is 9.99.